The maximum Gasteiger partial charge on any atom is 0.231 e. The van der Waals surface area contributed by atoms with Gasteiger partial charge in [-0.05, 0) is 48.0 Å². The van der Waals surface area contributed by atoms with E-state index in [0.29, 0.717) is 39.3 Å². The lowest BCUT2D eigenvalue weighted by atomic mass is 10.1. The van der Waals surface area contributed by atoms with Gasteiger partial charge in [0.2, 0.25) is 5.78 Å². The van der Waals surface area contributed by atoms with Crippen LogP contribution in [0.1, 0.15) is 21.5 Å². The molecule has 1 aliphatic rings. The molecule has 140 valence electrons. The Bertz CT molecular complexity index is 1070. The van der Waals surface area contributed by atoms with Crippen molar-refractivity contribution in [1.82, 2.24) is 0 Å². The average molecular weight is 476 g/mol. The number of carbonyl (C=O) groups is 1. The summed E-state index contributed by atoms with van der Waals surface area (Å²) in [6.07, 6.45) is 1.56. The Morgan fingerprint density at radius 3 is 2.43 bits per heavy atom. The third-order valence-electron chi connectivity index (χ3n) is 4.24. The fourth-order valence-electron chi connectivity index (χ4n) is 2.78. The summed E-state index contributed by atoms with van der Waals surface area (Å²) in [4.78, 5) is 12.6. The number of benzene rings is 3. The Morgan fingerprint density at radius 1 is 1.00 bits per heavy atom. The molecule has 4 rings (SSSR count). The number of halogens is 3. The van der Waals surface area contributed by atoms with Gasteiger partial charge in [-0.2, -0.15) is 0 Å². The lowest BCUT2D eigenvalue weighted by Crippen LogP contribution is -1.98. The molecule has 0 fully saturated rings. The molecule has 0 atom stereocenters. The predicted octanol–water partition coefficient (Wildman–Crippen LogP) is 6.95. The van der Waals surface area contributed by atoms with Gasteiger partial charge in [-0.1, -0.05) is 57.3 Å². The van der Waals surface area contributed by atoms with Crippen molar-refractivity contribution in [1.29, 1.82) is 0 Å². The fraction of sp³-hybridized carbons (Fsp3) is 0.0455. The van der Waals surface area contributed by atoms with E-state index in [0.717, 1.165) is 10.0 Å². The highest BCUT2D eigenvalue weighted by Gasteiger charge is 2.28. The van der Waals surface area contributed by atoms with Crippen LogP contribution in [0, 0.1) is 0 Å². The zero-order valence-electron chi connectivity index (χ0n) is 14.4. The molecule has 0 radical (unpaired) electrons. The summed E-state index contributed by atoms with van der Waals surface area (Å²) in [7, 11) is 0. The number of fused-ring (bicyclic) bond motifs is 1. The normalized spacial score (nSPS) is 14.1. The van der Waals surface area contributed by atoms with Crippen LogP contribution in [0.15, 0.2) is 70.9 Å². The summed E-state index contributed by atoms with van der Waals surface area (Å²) in [5, 5.41) is 0.900. The van der Waals surface area contributed by atoms with Gasteiger partial charge in [0.25, 0.3) is 0 Å². The van der Waals surface area contributed by atoms with E-state index in [1.807, 2.05) is 24.3 Å². The predicted molar refractivity (Wildman–Crippen MR) is 114 cm³/mol. The van der Waals surface area contributed by atoms with E-state index in [4.69, 9.17) is 32.7 Å². The highest BCUT2D eigenvalue weighted by molar-refractivity contribution is 9.10. The first-order chi connectivity index (χ1) is 13.5. The molecule has 0 bridgehead atoms. The van der Waals surface area contributed by atoms with Crippen LogP contribution in [0.25, 0.3) is 6.08 Å². The minimum Gasteiger partial charge on any atom is -0.489 e. The van der Waals surface area contributed by atoms with Crippen molar-refractivity contribution < 1.29 is 14.3 Å². The number of rotatable bonds is 4. The van der Waals surface area contributed by atoms with Crippen LogP contribution in [-0.4, -0.2) is 5.78 Å². The number of Topliss-reactive ketones (excluding diaryl/α,β-unsaturated/α-hetero) is 1. The van der Waals surface area contributed by atoms with Gasteiger partial charge in [0, 0.05) is 26.1 Å². The summed E-state index contributed by atoms with van der Waals surface area (Å²) in [5.74, 6) is 1.03. The maximum atomic E-state index is 12.6. The third-order valence-corrected chi connectivity index (χ3v) is 5.42. The van der Waals surface area contributed by atoms with Gasteiger partial charge in [0.05, 0.1) is 5.56 Å². The Kier molecular flexibility index (Phi) is 5.44. The fourth-order valence-corrected chi connectivity index (χ4v) is 3.55. The van der Waals surface area contributed by atoms with E-state index in [9.17, 15) is 4.79 Å². The van der Waals surface area contributed by atoms with Crippen molar-refractivity contribution in [3.8, 4) is 11.5 Å². The summed E-state index contributed by atoms with van der Waals surface area (Å²) in [6.45, 7) is 0.415. The van der Waals surface area contributed by atoms with Crippen molar-refractivity contribution in [3.05, 3.63) is 97.6 Å². The number of hydrogen-bond acceptors (Lipinski definition) is 3. The number of ketones is 1. The average Bonchev–Trinajstić information content (AvgIpc) is 2.99. The molecule has 1 heterocycles. The minimum absolute atomic E-state index is 0.176. The molecule has 28 heavy (non-hydrogen) atoms. The Balaban J connectivity index is 1.54. The molecule has 0 unspecified atom stereocenters. The van der Waals surface area contributed by atoms with Gasteiger partial charge in [-0.15, -0.1) is 0 Å². The van der Waals surface area contributed by atoms with E-state index < -0.39 is 0 Å². The van der Waals surface area contributed by atoms with Gasteiger partial charge >= 0.3 is 0 Å². The van der Waals surface area contributed by atoms with Gasteiger partial charge in [0.15, 0.2) is 5.76 Å². The number of ether oxygens (including phenoxy) is 2. The molecular weight excluding hydrogens is 463 g/mol. The number of carbonyl (C=O) groups excluding carboxylic acids is 1. The van der Waals surface area contributed by atoms with Crippen LogP contribution in [0.5, 0.6) is 11.5 Å². The first-order valence-electron chi connectivity index (χ1n) is 8.41. The molecule has 3 aromatic carbocycles. The zero-order valence-corrected chi connectivity index (χ0v) is 17.5. The molecule has 0 saturated heterocycles. The summed E-state index contributed by atoms with van der Waals surface area (Å²) in [6, 6.07) is 18.2. The zero-order chi connectivity index (χ0) is 19.7. The van der Waals surface area contributed by atoms with E-state index in [1.165, 1.54) is 0 Å². The highest BCUT2D eigenvalue weighted by Crippen LogP contribution is 2.36. The topological polar surface area (TPSA) is 35.5 Å². The van der Waals surface area contributed by atoms with Crippen LogP contribution in [0.3, 0.4) is 0 Å². The first-order valence-corrected chi connectivity index (χ1v) is 9.96. The van der Waals surface area contributed by atoms with Gasteiger partial charge in [-0.3, -0.25) is 4.79 Å². The van der Waals surface area contributed by atoms with Crippen molar-refractivity contribution >= 4 is 51.0 Å². The molecule has 0 amide bonds. The van der Waals surface area contributed by atoms with E-state index in [-0.39, 0.29) is 11.5 Å². The molecule has 3 nitrogen and oxygen atoms in total. The second-order valence-electron chi connectivity index (χ2n) is 6.15. The molecule has 0 spiro atoms. The van der Waals surface area contributed by atoms with Gasteiger partial charge in [0.1, 0.15) is 18.1 Å². The van der Waals surface area contributed by atoms with E-state index in [2.05, 4.69) is 15.9 Å². The Labute approximate surface area is 180 Å². The smallest absolute Gasteiger partial charge is 0.231 e. The Morgan fingerprint density at radius 2 is 1.71 bits per heavy atom. The third kappa shape index (κ3) is 3.95. The van der Waals surface area contributed by atoms with Gasteiger partial charge < -0.3 is 9.47 Å². The monoisotopic (exact) mass is 474 g/mol. The van der Waals surface area contributed by atoms with Crippen LogP contribution >= 0.6 is 39.1 Å². The molecule has 0 aliphatic carbocycles. The minimum atomic E-state index is -0.217. The summed E-state index contributed by atoms with van der Waals surface area (Å²) >= 11 is 15.8. The molecular formula is C22H13BrCl2O3. The van der Waals surface area contributed by atoms with E-state index >= 15 is 0 Å². The van der Waals surface area contributed by atoms with Crippen molar-refractivity contribution in [2.24, 2.45) is 0 Å². The van der Waals surface area contributed by atoms with E-state index in [1.54, 1.807) is 42.5 Å². The van der Waals surface area contributed by atoms with Gasteiger partial charge in [-0.25, -0.2) is 0 Å². The SMILES string of the molecule is O=C1/C(=C/c2c(Cl)cccc2Cl)Oc2cc(OCc3ccc(Br)cc3)ccc21. The molecule has 0 N–H and O–H groups in total. The molecule has 1 aliphatic heterocycles. The second-order valence-corrected chi connectivity index (χ2v) is 7.88. The number of hydrogen-bond donors (Lipinski definition) is 0. The van der Waals surface area contributed by atoms with Crippen LogP contribution in [0.4, 0.5) is 0 Å². The number of allylic oxidation sites excluding steroid dienone is 1. The lowest BCUT2D eigenvalue weighted by molar-refractivity contribution is 0.101. The maximum absolute atomic E-state index is 12.6. The lowest BCUT2D eigenvalue weighted by Gasteiger charge is -2.07. The van der Waals surface area contributed by atoms with Crippen molar-refractivity contribution in [2.75, 3.05) is 0 Å². The molecule has 3 aromatic rings. The van der Waals surface area contributed by atoms with Crippen LogP contribution in [0.2, 0.25) is 10.0 Å². The molecule has 6 heteroatoms. The summed E-state index contributed by atoms with van der Waals surface area (Å²) in [5.41, 5.74) is 2.06. The first kappa shape index (κ1) is 19.1. The van der Waals surface area contributed by atoms with Crippen molar-refractivity contribution in [3.63, 3.8) is 0 Å². The second kappa shape index (κ2) is 8.00. The highest BCUT2D eigenvalue weighted by atomic mass is 79.9. The molecule has 0 aromatic heterocycles. The Hall–Kier alpha value is -2.27. The summed E-state index contributed by atoms with van der Waals surface area (Å²) < 4.78 is 12.6. The standard InChI is InChI=1S/C22H13BrCl2O3/c23-14-6-4-13(5-7-14)12-27-15-8-9-16-20(10-15)28-21(22(16)26)11-17-18(24)2-1-3-19(17)25/h1-11H,12H2/b21-11-. The van der Waals surface area contributed by atoms with Crippen LogP contribution < -0.4 is 9.47 Å². The largest absolute Gasteiger partial charge is 0.489 e. The van der Waals surface area contributed by atoms with Crippen LogP contribution in [-0.2, 0) is 6.61 Å². The molecule has 0 saturated carbocycles. The quantitative estimate of drug-likeness (QED) is 0.383. The van der Waals surface area contributed by atoms with Crippen molar-refractivity contribution in [2.45, 2.75) is 6.61 Å².